The number of ether oxygens (including phenoxy) is 3. The number of rotatable bonds is 5. The Morgan fingerprint density at radius 2 is 2.16 bits per heavy atom. The Labute approximate surface area is 115 Å². The number of methoxy groups -OCH3 is 2. The molecule has 1 aliphatic heterocycles. The van der Waals surface area contributed by atoms with E-state index in [2.05, 4.69) is 11.4 Å². The van der Waals surface area contributed by atoms with Gasteiger partial charge in [-0.1, -0.05) is 12.1 Å². The SMILES string of the molecule is CNC(c1cccc(OC)c1OC)C1CCCOC1. The molecule has 2 atom stereocenters. The monoisotopic (exact) mass is 265 g/mol. The predicted molar refractivity (Wildman–Crippen MR) is 74.9 cm³/mol. The third-order valence-electron chi connectivity index (χ3n) is 3.75. The van der Waals surface area contributed by atoms with Crippen LogP contribution in [-0.2, 0) is 4.74 Å². The van der Waals surface area contributed by atoms with Gasteiger partial charge in [0.25, 0.3) is 0 Å². The van der Waals surface area contributed by atoms with Crippen LogP contribution in [0.3, 0.4) is 0 Å². The lowest BCUT2D eigenvalue weighted by Crippen LogP contribution is -2.31. The van der Waals surface area contributed by atoms with E-state index in [9.17, 15) is 0 Å². The lowest BCUT2D eigenvalue weighted by atomic mass is 9.88. The Bertz CT molecular complexity index is 402. The third kappa shape index (κ3) is 3.01. The Kier molecular flexibility index (Phi) is 5.05. The van der Waals surface area contributed by atoms with Gasteiger partial charge in [-0.2, -0.15) is 0 Å². The molecule has 0 radical (unpaired) electrons. The lowest BCUT2D eigenvalue weighted by molar-refractivity contribution is 0.0398. The van der Waals surface area contributed by atoms with Crippen molar-refractivity contribution in [3.8, 4) is 11.5 Å². The van der Waals surface area contributed by atoms with Crippen LogP contribution >= 0.6 is 0 Å². The molecule has 0 aliphatic carbocycles. The molecule has 2 rings (SSSR count). The largest absolute Gasteiger partial charge is 0.493 e. The van der Waals surface area contributed by atoms with Crippen LogP contribution < -0.4 is 14.8 Å². The van der Waals surface area contributed by atoms with Crippen LogP contribution in [0.25, 0.3) is 0 Å². The van der Waals surface area contributed by atoms with E-state index in [-0.39, 0.29) is 6.04 Å². The fourth-order valence-electron chi connectivity index (χ4n) is 2.83. The van der Waals surface area contributed by atoms with Crippen molar-refractivity contribution in [1.29, 1.82) is 0 Å². The molecule has 0 amide bonds. The van der Waals surface area contributed by atoms with Gasteiger partial charge in [0.05, 0.1) is 20.8 Å². The molecule has 1 aliphatic rings. The molecule has 0 spiro atoms. The molecule has 1 aromatic carbocycles. The summed E-state index contributed by atoms with van der Waals surface area (Å²) >= 11 is 0. The normalized spacial score (nSPS) is 20.9. The zero-order valence-electron chi connectivity index (χ0n) is 11.9. The van der Waals surface area contributed by atoms with E-state index in [1.165, 1.54) is 6.42 Å². The summed E-state index contributed by atoms with van der Waals surface area (Å²) in [5.41, 5.74) is 1.14. The average molecular weight is 265 g/mol. The number of nitrogens with one attached hydrogen (secondary N) is 1. The van der Waals surface area contributed by atoms with E-state index in [1.54, 1.807) is 14.2 Å². The van der Waals surface area contributed by atoms with Crippen LogP contribution in [-0.4, -0.2) is 34.5 Å². The summed E-state index contributed by atoms with van der Waals surface area (Å²) in [4.78, 5) is 0. The first-order valence-corrected chi connectivity index (χ1v) is 6.77. The van der Waals surface area contributed by atoms with Gasteiger partial charge in [0.15, 0.2) is 11.5 Å². The van der Waals surface area contributed by atoms with Crippen LogP contribution in [0.1, 0.15) is 24.4 Å². The van der Waals surface area contributed by atoms with Crippen LogP contribution in [0, 0.1) is 5.92 Å². The van der Waals surface area contributed by atoms with Gasteiger partial charge in [0.1, 0.15) is 0 Å². The summed E-state index contributed by atoms with van der Waals surface area (Å²) in [6.45, 7) is 1.67. The molecule has 1 aromatic rings. The third-order valence-corrected chi connectivity index (χ3v) is 3.75. The minimum Gasteiger partial charge on any atom is -0.493 e. The van der Waals surface area contributed by atoms with Gasteiger partial charge in [-0.05, 0) is 26.0 Å². The molecule has 1 fully saturated rings. The molecule has 0 saturated carbocycles. The molecule has 0 aromatic heterocycles. The number of hydrogen-bond acceptors (Lipinski definition) is 4. The van der Waals surface area contributed by atoms with Crippen molar-refractivity contribution < 1.29 is 14.2 Å². The summed E-state index contributed by atoms with van der Waals surface area (Å²) in [5.74, 6) is 2.06. The maximum Gasteiger partial charge on any atom is 0.165 e. The van der Waals surface area contributed by atoms with Gasteiger partial charge >= 0.3 is 0 Å². The Morgan fingerprint density at radius 3 is 2.74 bits per heavy atom. The summed E-state index contributed by atoms with van der Waals surface area (Å²) in [6, 6.07) is 6.25. The first kappa shape index (κ1) is 14.2. The fourth-order valence-corrected chi connectivity index (χ4v) is 2.83. The second-order valence-corrected chi connectivity index (χ2v) is 4.83. The lowest BCUT2D eigenvalue weighted by Gasteiger charge is -2.31. The van der Waals surface area contributed by atoms with Crippen LogP contribution in [0.5, 0.6) is 11.5 Å². The topological polar surface area (TPSA) is 39.7 Å². The van der Waals surface area contributed by atoms with Gasteiger partial charge in [0, 0.05) is 24.1 Å². The summed E-state index contributed by atoms with van der Waals surface area (Å²) in [7, 11) is 5.34. The highest BCUT2D eigenvalue weighted by atomic mass is 16.5. The van der Waals surface area contributed by atoms with Crippen molar-refractivity contribution in [1.82, 2.24) is 5.32 Å². The van der Waals surface area contributed by atoms with E-state index < -0.39 is 0 Å². The Balaban J connectivity index is 2.31. The standard InChI is InChI=1S/C15H23NO3/c1-16-14(11-6-5-9-19-10-11)12-7-4-8-13(17-2)15(12)18-3/h4,7-8,11,14,16H,5-6,9-10H2,1-3H3. The molecule has 2 unspecified atom stereocenters. The van der Waals surface area contributed by atoms with E-state index in [4.69, 9.17) is 14.2 Å². The maximum absolute atomic E-state index is 5.60. The quantitative estimate of drug-likeness (QED) is 0.887. The van der Waals surface area contributed by atoms with E-state index >= 15 is 0 Å². The van der Waals surface area contributed by atoms with Gasteiger partial charge in [-0.3, -0.25) is 0 Å². The van der Waals surface area contributed by atoms with Gasteiger partial charge < -0.3 is 19.5 Å². The van der Waals surface area contributed by atoms with Crippen molar-refractivity contribution in [2.75, 3.05) is 34.5 Å². The molecular formula is C15H23NO3. The highest BCUT2D eigenvalue weighted by Gasteiger charge is 2.27. The first-order valence-electron chi connectivity index (χ1n) is 6.77. The minimum atomic E-state index is 0.227. The molecule has 4 nitrogen and oxygen atoms in total. The molecule has 0 bridgehead atoms. The number of para-hydroxylation sites is 1. The highest BCUT2D eigenvalue weighted by molar-refractivity contribution is 5.48. The first-order chi connectivity index (χ1) is 9.31. The summed E-state index contributed by atoms with van der Waals surface area (Å²) in [5, 5.41) is 3.40. The smallest absolute Gasteiger partial charge is 0.165 e. The summed E-state index contributed by atoms with van der Waals surface area (Å²) in [6.07, 6.45) is 2.29. The summed E-state index contributed by atoms with van der Waals surface area (Å²) < 4.78 is 16.5. The maximum atomic E-state index is 5.60. The van der Waals surface area contributed by atoms with E-state index in [1.807, 2.05) is 19.2 Å². The fraction of sp³-hybridized carbons (Fsp3) is 0.600. The van der Waals surface area contributed by atoms with Crippen molar-refractivity contribution in [2.45, 2.75) is 18.9 Å². The van der Waals surface area contributed by atoms with Crippen molar-refractivity contribution >= 4 is 0 Å². The zero-order valence-corrected chi connectivity index (χ0v) is 11.9. The molecule has 1 saturated heterocycles. The van der Waals surface area contributed by atoms with Gasteiger partial charge in [-0.25, -0.2) is 0 Å². The average Bonchev–Trinajstić information content (AvgIpc) is 2.48. The molecular weight excluding hydrogens is 242 g/mol. The minimum absolute atomic E-state index is 0.227. The van der Waals surface area contributed by atoms with Crippen LogP contribution in [0.2, 0.25) is 0 Å². The zero-order chi connectivity index (χ0) is 13.7. The Hall–Kier alpha value is -1.26. The van der Waals surface area contributed by atoms with Gasteiger partial charge in [0.2, 0.25) is 0 Å². The second kappa shape index (κ2) is 6.78. The van der Waals surface area contributed by atoms with E-state index in [0.29, 0.717) is 5.92 Å². The molecule has 4 heteroatoms. The second-order valence-electron chi connectivity index (χ2n) is 4.83. The predicted octanol–water partition coefficient (Wildman–Crippen LogP) is 2.39. The number of hydrogen-bond donors (Lipinski definition) is 1. The van der Waals surface area contributed by atoms with Crippen LogP contribution in [0.15, 0.2) is 18.2 Å². The molecule has 1 N–H and O–H groups in total. The Morgan fingerprint density at radius 1 is 1.32 bits per heavy atom. The molecule has 1 heterocycles. The van der Waals surface area contributed by atoms with Crippen LogP contribution in [0.4, 0.5) is 0 Å². The molecule has 19 heavy (non-hydrogen) atoms. The highest BCUT2D eigenvalue weighted by Crippen LogP contribution is 2.38. The number of benzene rings is 1. The van der Waals surface area contributed by atoms with Crippen molar-refractivity contribution in [2.24, 2.45) is 5.92 Å². The van der Waals surface area contributed by atoms with Crippen molar-refractivity contribution in [3.63, 3.8) is 0 Å². The van der Waals surface area contributed by atoms with E-state index in [0.717, 1.165) is 36.7 Å². The van der Waals surface area contributed by atoms with Gasteiger partial charge in [-0.15, -0.1) is 0 Å². The van der Waals surface area contributed by atoms with Crippen molar-refractivity contribution in [3.05, 3.63) is 23.8 Å². The molecule has 106 valence electrons.